The lowest BCUT2D eigenvalue weighted by Gasteiger charge is -2.16. The fourth-order valence-corrected chi connectivity index (χ4v) is 3.16. The first-order chi connectivity index (χ1) is 6.74. The van der Waals surface area contributed by atoms with Crippen molar-refractivity contribution in [2.45, 2.75) is 30.0 Å². The second kappa shape index (κ2) is 3.91. The van der Waals surface area contributed by atoms with Crippen LogP contribution >= 0.6 is 11.8 Å². The minimum absolute atomic E-state index is 0.0836. The summed E-state index contributed by atoms with van der Waals surface area (Å²) in [6.45, 7) is 5.14. The van der Waals surface area contributed by atoms with Gasteiger partial charge in [-0.05, 0) is 18.2 Å². The molecule has 1 aliphatic heterocycles. The van der Waals surface area contributed by atoms with E-state index in [2.05, 4.69) is 19.2 Å². The molecule has 0 fully saturated rings. The van der Waals surface area contributed by atoms with Gasteiger partial charge in [-0.1, -0.05) is 26.0 Å². The van der Waals surface area contributed by atoms with E-state index in [4.69, 9.17) is 0 Å². The van der Waals surface area contributed by atoms with E-state index in [1.807, 2.05) is 6.07 Å². The van der Waals surface area contributed by atoms with Gasteiger partial charge >= 0.3 is 0 Å². The van der Waals surface area contributed by atoms with Crippen molar-refractivity contribution in [2.75, 3.05) is 6.54 Å². The molecule has 2 atom stereocenters. The highest BCUT2D eigenvalue weighted by Gasteiger charge is 2.31. The van der Waals surface area contributed by atoms with Gasteiger partial charge in [0.2, 0.25) is 0 Å². The monoisotopic (exact) mass is 211 g/mol. The molecule has 2 rings (SSSR count). The van der Waals surface area contributed by atoms with Crippen molar-refractivity contribution in [1.82, 2.24) is 5.32 Å². The SMILES string of the molecule is CCNC1c2cccc(F)c2SC1C. The largest absolute Gasteiger partial charge is 0.309 e. The van der Waals surface area contributed by atoms with Gasteiger partial charge in [-0.2, -0.15) is 0 Å². The molecule has 0 radical (unpaired) electrons. The van der Waals surface area contributed by atoms with E-state index in [1.165, 1.54) is 6.07 Å². The molecule has 76 valence electrons. The summed E-state index contributed by atoms with van der Waals surface area (Å²) in [5, 5.41) is 3.81. The number of halogens is 1. The normalized spacial score (nSPS) is 25.1. The molecule has 0 saturated heterocycles. The molecular formula is C11H14FNS. The Bertz CT molecular complexity index is 340. The highest BCUT2D eigenvalue weighted by molar-refractivity contribution is 8.00. The molecule has 0 aliphatic carbocycles. The summed E-state index contributed by atoms with van der Waals surface area (Å²) >= 11 is 1.63. The Kier molecular flexibility index (Phi) is 2.79. The first-order valence-corrected chi connectivity index (χ1v) is 5.80. The fourth-order valence-electron chi connectivity index (χ4n) is 1.90. The van der Waals surface area contributed by atoms with Gasteiger partial charge in [0.15, 0.2) is 0 Å². The van der Waals surface area contributed by atoms with Crippen LogP contribution in [0.1, 0.15) is 25.5 Å². The van der Waals surface area contributed by atoms with E-state index < -0.39 is 0 Å². The van der Waals surface area contributed by atoms with Crippen molar-refractivity contribution in [3.63, 3.8) is 0 Å². The predicted octanol–water partition coefficient (Wildman–Crippen LogP) is 2.97. The summed E-state index contributed by atoms with van der Waals surface area (Å²) in [6.07, 6.45) is 0. The van der Waals surface area contributed by atoms with Crippen LogP contribution in [-0.2, 0) is 0 Å². The van der Waals surface area contributed by atoms with Crippen LogP contribution in [0, 0.1) is 5.82 Å². The highest BCUT2D eigenvalue weighted by Crippen LogP contribution is 2.44. The number of thioether (sulfide) groups is 1. The summed E-state index contributed by atoms with van der Waals surface area (Å²) in [4.78, 5) is 0.825. The first kappa shape index (κ1) is 9.99. The van der Waals surface area contributed by atoms with Crippen LogP contribution in [0.25, 0.3) is 0 Å². The Morgan fingerprint density at radius 2 is 2.29 bits per heavy atom. The zero-order chi connectivity index (χ0) is 10.1. The van der Waals surface area contributed by atoms with Gasteiger partial charge in [-0.25, -0.2) is 4.39 Å². The zero-order valence-electron chi connectivity index (χ0n) is 8.38. The molecule has 0 spiro atoms. The summed E-state index contributed by atoms with van der Waals surface area (Å²) in [6, 6.07) is 5.64. The standard InChI is InChI=1S/C11H14FNS/c1-3-13-10-7(2)14-11-8(10)5-4-6-9(11)12/h4-7,10,13H,3H2,1-2H3. The number of rotatable bonds is 2. The van der Waals surface area contributed by atoms with Crippen LogP contribution in [0.2, 0.25) is 0 Å². The minimum atomic E-state index is -0.0836. The van der Waals surface area contributed by atoms with Crippen LogP contribution in [0.5, 0.6) is 0 Å². The molecule has 1 heterocycles. The Morgan fingerprint density at radius 3 is 3.00 bits per heavy atom. The molecule has 1 nitrogen and oxygen atoms in total. The maximum absolute atomic E-state index is 13.4. The number of hydrogen-bond acceptors (Lipinski definition) is 2. The van der Waals surface area contributed by atoms with E-state index in [0.29, 0.717) is 11.3 Å². The number of hydrogen-bond donors (Lipinski definition) is 1. The molecule has 1 aromatic carbocycles. The van der Waals surface area contributed by atoms with Crippen molar-refractivity contribution in [2.24, 2.45) is 0 Å². The van der Waals surface area contributed by atoms with E-state index >= 15 is 0 Å². The molecule has 0 aromatic heterocycles. The maximum atomic E-state index is 13.4. The Morgan fingerprint density at radius 1 is 1.50 bits per heavy atom. The third-order valence-corrected chi connectivity index (χ3v) is 3.84. The average Bonchev–Trinajstić information content (AvgIpc) is 2.47. The molecule has 0 saturated carbocycles. The molecule has 3 heteroatoms. The summed E-state index contributed by atoms with van der Waals surface area (Å²) < 4.78 is 13.4. The van der Waals surface area contributed by atoms with Gasteiger partial charge < -0.3 is 5.32 Å². The first-order valence-electron chi connectivity index (χ1n) is 4.92. The topological polar surface area (TPSA) is 12.0 Å². The second-order valence-electron chi connectivity index (χ2n) is 3.52. The van der Waals surface area contributed by atoms with Crippen molar-refractivity contribution >= 4 is 11.8 Å². The number of benzene rings is 1. The van der Waals surface area contributed by atoms with Crippen molar-refractivity contribution in [1.29, 1.82) is 0 Å². The van der Waals surface area contributed by atoms with E-state index in [0.717, 1.165) is 17.0 Å². The highest BCUT2D eigenvalue weighted by atomic mass is 32.2. The van der Waals surface area contributed by atoms with Crippen LogP contribution in [0.4, 0.5) is 4.39 Å². The number of nitrogens with one attached hydrogen (secondary N) is 1. The fraction of sp³-hybridized carbons (Fsp3) is 0.455. The van der Waals surface area contributed by atoms with Crippen molar-refractivity contribution < 1.29 is 4.39 Å². The van der Waals surface area contributed by atoms with Gasteiger partial charge in [0.25, 0.3) is 0 Å². The molecule has 1 N–H and O–H groups in total. The molecule has 1 aromatic rings. The molecular weight excluding hydrogens is 197 g/mol. The number of fused-ring (bicyclic) bond motifs is 1. The van der Waals surface area contributed by atoms with Gasteiger partial charge in [0.1, 0.15) is 5.82 Å². The van der Waals surface area contributed by atoms with Gasteiger partial charge in [0.05, 0.1) is 0 Å². The van der Waals surface area contributed by atoms with Crippen LogP contribution in [-0.4, -0.2) is 11.8 Å². The van der Waals surface area contributed by atoms with Crippen molar-refractivity contribution in [3.05, 3.63) is 29.6 Å². The lowest BCUT2D eigenvalue weighted by Crippen LogP contribution is -2.25. The van der Waals surface area contributed by atoms with Crippen LogP contribution < -0.4 is 5.32 Å². The lowest BCUT2D eigenvalue weighted by atomic mass is 10.0. The van der Waals surface area contributed by atoms with E-state index in [-0.39, 0.29) is 5.82 Å². The molecule has 1 aliphatic rings. The summed E-state index contributed by atoms with van der Waals surface area (Å²) in [7, 11) is 0. The lowest BCUT2D eigenvalue weighted by molar-refractivity contribution is 0.542. The third kappa shape index (κ3) is 1.55. The van der Waals surface area contributed by atoms with Gasteiger partial charge in [-0.15, -0.1) is 11.8 Å². The third-order valence-electron chi connectivity index (χ3n) is 2.53. The zero-order valence-corrected chi connectivity index (χ0v) is 9.20. The molecule has 2 unspecified atom stereocenters. The smallest absolute Gasteiger partial charge is 0.137 e. The summed E-state index contributed by atoms with van der Waals surface area (Å²) in [5.74, 6) is -0.0836. The van der Waals surface area contributed by atoms with Crippen LogP contribution in [0.3, 0.4) is 0 Å². The minimum Gasteiger partial charge on any atom is -0.309 e. The molecule has 0 amide bonds. The maximum Gasteiger partial charge on any atom is 0.137 e. The summed E-state index contributed by atoms with van der Waals surface area (Å²) in [5.41, 5.74) is 1.12. The molecule has 0 bridgehead atoms. The Hall–Kier alpha value is -0.540. The Balaban J connectivity index is 2.37. The van der Waals surface area contributed by atoms with Crippen molar-refractivity contribution in [3.8, 4) is 0 Å². The Labute approximate surface area is 88.1 Å². The van der Waals surface area contributed by atoms with E-state index in [1.54, 1.807) is 17.8 Å². The molecule has 14 heavy (non-hydrogen) atoms. The second-order valence-corrected chi connectivity index (χ2v) is 4.90. The van der Waals surface area contributed by atoms with Gasteiger partial charge in [-0.3, -0.25) is 0 Å². The predicted molar refractivity (Wildman–Crippen MR) is 58.1 cm³/mol. The van der Waals surface area contributed by atoms with Crippen LogP contribution in [0.15, 0.2) is 23.1 Å². The van der Waals surface area contributed by atoms with E-state index in [9.17, 15) is 4.39 Å². The average molecular weight is 211 g/mol. The quantitative estimate of drug-likeness (QED) is 0.807. The van der Waals surface area contributed by atoms with Gasteiger partial charge in [0, 0.05) is 16.2 Å².